The lowest BCUT2D eigenvalue weighted by atomic mass is 10.2. The number of hydrogen-bond acceptors (Lipinski definition) is 4. The number of thiophene rings is 1. The zero-order valence-electron chi connectivity index (χ0n) is 11.8. The van der Waals surface area contributed by atoms with E-state index in [0.717, 1.165) is 10.1 Å². The van der Waals surface area contributed by atoms with Gasteiger partial charge in [0.2, 0.25) is 5.91 Å². The van der Waals surface area contributed by atoms with Crippen molar-refractivity contribution in [2.45, 2.75) is 6.92 Å². The van der Waals surface area contributed by atoms with Crippen molar-refractivity contribution in [3.63, 3.8) is 0 Å². The van der Waals surface area contributed by atoms with Crippen LogP contribution < -0.4 is 11.1 Å². The molecule has 7 heteroatoms. The van der Waals surface area contributed by atoms with Gasteiger partial charge in [-0.25, -0.2) is 0 Å². The number of nitrogens with one attached hydrogen (secondary N) is 1. The van der Waals surface area contributed by atoms with Gasteiger partial charge >= 0.3 is 0 Å². The molecule has 0 aliphatic rings. The van der Waals surface area contributed by atoms with Crippen molar-refractivity contribution >= 4 is 50.5 Å². The Morgan fingerprint density at radius 3 is 2.76 bits per heavy atom. The number of halogens is 1. The van der Waals surface area contributed by atoms with E-state index in [2.05, 4.69) is 5.32 Å². The van der Waals surface area contributed by atoms with E-state index in [1.54, 1.807) is 18.2 Å². The van der Waals surface area contributed by atoms with Crippen molar-refractivity contribution in [2.24, 2.45) is 0 Å². The Balaban J connectivity index is 2.38. The van der Waals surface area contributed by atoms with Crippen LogP contribution in [0.1, 0.15) is 16.6 Å². The van der Waals surface area contributed by atoms with Crippen molar-refractivity contribution in [2.75, 3.05) is 25.9 Å². The fourth-order valence-electron chi connectivity index (χ4n) is 1.97. The summed E-state index contributed by atoms with van der Waals surface area (Å²) in [6.07, 6.45) is 0. The fraction of sp³-hybridized carbons (Fsp3) is 0.286. The molecule has 0 unspecified atom stereocenters. The topological polar surface area (TPSA) is 75.4 Å². The van der Waals surface area contributed by atoms with Gasteiger partial charge in [-0.15, -0.1) is 11.3 Å². The molecule has 2 amide bonds. The average Bonchev–Trinajstić information content (AvgIpc) is 2.80. The van der Waals surface area contributed by atoms with Crippen LogP contribution in [0.3, 0.4) is 0 Å². The summed E-state index contributed by atoms with van der Waals surface area (Å²) in [4.78, 5) is 25.9. The Hall–Kier alpha value is -1.79. The highest BCUT2D eigenvalue weighted by Gasteiger charge is 2.22. The minimum absolute atomic E-state index is 0.0142. The van der Waals surface area contributed by atoms with Gasteiger partial charge in [0.25, 0.3) is 5.91 Å². The Kier molecular flexibility index (Phi) is 4.69. The van der Waals surface area contributed by atoms with Crippen molar-refractivity contribution in [1.29, 1.82) is 0 Å². The quantitative estimate of drug-likeness (QED) is 0.906. The van der Waals surface area contributed by atoms with E-state index in [1.807, 2.05) is 6.92 Å². The number of likely N-dealkylation sites (N-methyl/N-ethyl adjacent to an activating group) is 2. The molecular formula is C14H16ClN3O2S. The van der Waals surface area contributed by atoms with Crippen LogP contribution in [0.25, 0.3) is 10.1 Å². The molecule has 0 aliphatic heterocycles. The van der Waals surface area contributed by atoms with Crippen LogP contribution in [0, 0.1) is 0 Å². The highest BCUT2D eigenvalue weighted by molar-refractivity contribution is 7.21. The second kappa shape index (κ2) is 6.32. The molecule has 1 aromatic heterocycles. The smallest absolute Gasteiger partial charge is 0.266 e. The van der Waals surface area contributed by atoms with Crippen LogP contribution in [-0.4, -0.2) is 36.9 Å². The number of nitrogens with zero attached hydrogens (tertiary/aromatic N) is 1. The number of carbonyl (C=O) groups excluding carboxylic acids is 2. The van der Waals surface area contributed by atoms with E-state index < -0.39 is 0 Å². The highest BCUT2D eigenvalue weighted by atomic mass is 35.5. The maximum Gasteiger partial charge on any atom is 0.266 e. The van der Waals surface area contributed by atoms with Gasteiger partial charge in [0, 0.05) is 28.7 Å². The van der Waals surface area contributed by atoms with Crippen LogP contribution in [0.4, 0.5) is 5.69 Å². The van der Waals surface area contributed by atoms with Gasteiger partial charge in [-0.2, -0.15) is 0 Å². The number of benzene rings is 1. The van der Waals surface area contributed by atoms with Crippen molar-refractivity contribution in [3.05, 3.63) is 28.1 Å². The van der Waals surface area contributed by atoms with Crippen molar-refractivity contribution < 1.29 is 9.59 Å². The van der Waals surface area contributed by atoms with Crippen LogP contribution >= 0.6 is 22.9 Å². The van der Waals surface area contributed by atoms with Gasteiger partial charge in [-0.05, 0) is 25.1 Å². The molecule has 0 bridgehead atoms. The van der Waals surface area contributed by atoms with E-state index in [4.69, 9.17) is 17.3 Å². The van der Waals surface area contributed by atoms with E-state index in [-0.39, 0.29) is 18.4 Å². The van der Waals surface area contributed by atoms with E-state index >= 15 is 0 Å². The third-order valence-electron chi connectivity index (χ3n) is 3.17. The summed E-state index contributed by atoms with van der Waals surface area (Å²) in [6.45, 7) is 2.27. The summed E-state index contributed by atoms with van der Waals surface area (Å²) < 4.78 is 0.861. The molecule has 2 rings (SSSR count). The highest BCUT2D eigenvalue weighted by Crippen LogP contribution is 2.35. The predicted octanol–water partition coefficient (Wildman–Crippen LogP) is 2.34. The molecule has 1 heterocycles. The molecule has 5 nitrogen and oxygen atoms in total. The van der Waals surface area contributed by atoms with Crippen LogP contribution in [0.15, 0.2) is 18.2 Å². The molecule has 0 atom stereocenters. The number of carbonyl (C=O) groups is 2. The molecule has 1 aromatic carbocycles. The Morgan fingerprint density at radius 1 is 1.43 bits per heavy atom. The zero-order valence-corrected chi connectivity index (χ0v) is 13.3. The van der Waals surface area contributed by atoms with Gasteiger partial charge in [0.05, 0.1) is 12.2 Å². The third kappa shape index (κ3) is 3.11. The lowest BCUT2D eigenvalue weighted by Gasteiger charge is -2.19. The number of nitrogens with two attached hydrogens (primary N) is 1. The standard InChI is InChI=1S/C14H16ClN3O2S/c1-3-18(7-11(19)17-2)14(20)13-12(16)9-5-4-8(15)6-10(9)21-13/h4-6H,3,7,16H2,1-2H3,(H,17,19). The van der Waals surface area contributed by atoms with Gasteiger partial charge in [0.15, 0.2) is 0 Å². The molecule has 21 heavy (non-hydrogen) atoms. The van der Waals surface area contributed by atoms with Crippen molar-refractivity contribution in [3.8, 4) is 0 Å². The monoisotopic (exact) mass is 325 g/mol. The van der Waals surface area contributed by atoms with Gasteiger partial charge in [0.1, 0.15) is 4.88 Å². The minimum Gasteiger partial charge on any atom is -0.397 e. The molecule has 0 spiro atoms. The first kappa shape index (κ1) is 15.6. The summed E-state index contributed by atoms with van der Waals surface area (Å²) in [5.41, 5.74) is 6.50. The molecule has 0 fully saturated rings. The molecular weight excluding hydrogens is 310 g/mol. The molecule has 3 N–H and O–H groups in total. The molecule has 0 saturated heterocycles. The average molecular weight is 326 g/mol. The zero-order chi connectivity index (χ0) is 15.6. The van der Waals surface area contributed by atoms with E-state index in [1.165, 1.54) is 23.3 Å². The van der Waals surface area contributed by atoms with Gasteiger partial charge in [-0.1, -0.05) is 11.6 Å². The first-order valence-electron chi connectivity index (χ1n) is 6.45. The molecule has 0 saturated carbocycles. The number of anilines is 1. The van der Waals surface area contributed by atoms with Crippen LogP contribution in [0.5, 0.6) is 0 Å². The second-order valence-electron chi connectivity index (χ2n) is 4.48. The number of nitrogen functional groups attached to an aromatic ring is 1. The van der Waals surface area contributed by atoms with Crippen LogP contribution in [-0.2, 0) is 4.79 Å². The normalized spacial score (nSPS) is 10.6. The largest absolute Gasteiger partial charge is 0.397 e. The Bertz CT molecular complexity index is 699. The van der Waals surface area contributed by atoms with Crippen molar-refractivity contribution in [1.82, 2.24) is 10.2 Å². The predicted molar refractivity (Wildman–Crippen MR) is 86.9 cm³/mol. The van der Waals surface area contributed by atoms with E-state index in [0.29, 0.717) is 22.1 Å². The molecule has 0 aliphatic carbocycles. The summed E-state index contributed by atoms with van der Waals surface area (Å²) in [5.74, 6) is -0.455. The van der Waals surface area contributed by atoms with Crippen LogP contribution in [0.2, 0.25) is 5.02 Å². The lowest BCUT2D eigenvalue weighted by Crippen LogP contribution is -2.39. The number of rotatable bonds is 4. The lowest BCUT2D eigenvalue weighted by molar-refractivity contribution is -0.121. The molecule has 2 aromatic rings. The Labute approximate surface area is 131 Å². The first-order chi connectivity index (χ1) is 9.97. The number of amides is 2. The number of hydrogen-bond donors (Lipinski definition) is 2. The SMILES string of the molecule is CCN(CC(=O)NC)C(=O)c1sc2cc(Cl)ccc2c1N. The second-order valence-corrected chi connectivity index (χ2v) is 5.97. The first-order valence-corrected chi connectivity index (χ1v) is 7.64. The minimum atomic E-state index is -0.240. The maximum atomic E-state index is 12.5. The number of fused-ring (bicyclic) bond motifs is 1. The maximum absolute atomic E-state index is 12.5. The van der Waals surface area contributed by atoms with E-state index in [9.17, 15) is 9.59 Å². The fourth-order valence-corrected chi connectivity index (χ4v) is 3.34. The summed E-state index contributed by atoms with van der Waals surface area (Å²) >= 11 is 7.25. The Morgan fingerprint density at radius 2 is 2.14 bits per heavy atom. The van der Waals surface area contributed by atoms with Gasteiger partial charge < -0.3 is 16.0 Å². The third-order valence-corrected chi connectivity index (χ3v) is 4.56. The summed E-state index contributed by atoms with van der Waals surface area (Å²) in [6, 6.07) is 5.32. The molecule has 112 valence electrons. The molecule has 0 radical (unpaired) electrons. The summed E-state index contributed by atoms with van der Waals surface area (Å²) in [7, 11) is 1.54. The van der Waals surface area contributed by atoms with Gasteiger partial charge in [-0.3, -0.25) is 9.59 Å². The summed E-state index contributed by atoms with van der Waals surface area (Å²) in [5, 5.41) is 3.91.